The predicted octanol–water partition coefficient (Wildman–Crippen LogP) is 2.97. The fourth-order valence-electron chi connectivity index (χ4n) is 2.11. The van der Waals surface area contributed by atoms with Crippen LogP contribution in [0.2, 0.25) is 5.02 Å². The number of nitrogens with zero attached hydrogens (tertiary/aromatic N) is 3. The molecule has 0 fully saturated rings. The Labute approximate surface area is 147 Å². The second-order valence-corrected chi connectivity index (χ2v) is 6.30. The van der Waals surface area contributed by atoms with Crippen LogP contribution in [-0.2, 0) is 0 Å². The Morgan fingerprint density at radius 3 is 2.62 bits per heavy atom. The summed E-state index contributed by atoms with van der Waals surface area (Å²) in [6.45, 7) is 5.28. The van der Waals surface area contributed by atoms with E-state index in [1.54, 1.807) is 24.3 Å². The first-order valence-electron chi connectivity index (χ1n) is 7.67. The Bertz CT molecular complexity index is 733. The lowest BCUT2D eigenvalue weighted by atomic mass is 10.2. The molecule has 6 nitrogen and oxygen atoms in total. The van der Waals surface area contributed by atoms with E-state index < -0.39 is 0 Å². The third-order valence-corrected chi connectivity index (χ3v) is 3.60. The van der Waals surface area contributed by atoms with Gasteiger partial charge in [0.05, 0.1) is 0 Å². The van der Waals surface area contributed by atoms with E-state index >= 15 is 0 Å². The van der Waals surface area contributed by atoms with Gasteiger partial charge >= 0.3 is 0 Å². The molecule has 0 bridgehead atoms. The van der Waals surface area contributed by atoms with Gasteiger partial charge in [0.25, 0.3) is 5.91 Å². The number of halogens is 1. The molecule has 1 aromatic heterocycles. The number of benzene rings is 1. The number of likely N-dealkylation sites (N-methyl/N-ethyl adjacent to an activating group) is 1. The standard InChI is InChI=1S/C17H22ClN5O/c1-11-9-13(18)5-6-14(11)21-16(24)15-10-12(2)20-17(22-15)19-7-8-23(3)4/h5-6,9-10H,7-8H2,1-4H3,(H,21,24)(H,19,20,22). The molecule has 0 unspecified atom stereocenters. The molecule has 0 aliphatic rings. The van der Waals surface area contributed by atoms with Crippen LogP contribution in [0.25, 0.3) is 0 Å². The van der Waals surface area contributed by atoms with Gasteiger partial charge < -0.3 is 15.5 Å². The molecule has 0 spiro atoms. The van der Waals surface area contributed by atoms with Crippen molar-refractivity contribution in [3.63, 3.8) is 0 Å². The van der Waals surface area contributed by atoms with Crippen LogP contribution in [0.4, 0.5) is 11.6 Å². The number of amides is 1. The van der Waals surface area contributed by atoms with Crippen LogP contribution in [-0.4, -0.2) is 48.0 Å². The lowest BCUT2D eigenvalue weighted by Gasteiger charge is -2.12. The Balaban J connectivity index is 2.12. The molecular weight excluding hydrogens is 326 g/mol. The smallest absolute Gasteiger partial charge is 0.274 e. The Hall–Kier alpha value is -2.18. The number of aryl methyl sites for hydroxylation is 2. The second-order valence-electron chi connectivity index (χ2n) is 5.86. The van der Waals surface area contributed by atoms with Gasteiger partial charge in [-0.2, -0.15) is 0 Å². The molecule has 2 N–H and O–H groups in total. The van der Waals surface area contributed by atoms with Gasteiger partial charge in [-0.1, -0.05) is 11.6 Å². The normalized spacial score (nSPS) is 10.8. The fraction of sp³-hybridized carbons (Fsp3) is 0.353. The minimum Gasteiger partial charge on any atom is -0.353 e. The van der Waals surface area contributed by atoms with Gasteiger partial charge in [-0.25, -0.2) is 9.97 Å². The van der Waals surface area contributed by atoms with E-state index in [0.29, 0.717) is 28.9 Å². The minimum absolute atomic E-state index is 0.276. The van der Waals surface area contributed by atoms with Crippen LogP contribution in [0, 0.1) is 13.8 Å². The molecule has 24 heavy (non-hydrogen) atoms. The summed E-state index contributed by atoms with van der Waals surface area (Å²) in [5, 5.41) is 6.63. The zero-order chi connectivity index (χ0) is 17.7. The molecule has 0 aliphatic heterocycles. The molecule has 1 aromatic carbocycles. The fourth-order valence-corrected chi connectivity index (χ4v) is 2.34. The second kappa shape index (κ2) is 8.08. The summed E-state index contributed by atoms with van der Waals surface area (Å²) in [4.78, 5) is 23.1. The third-order valence-electron chi connectivity index (χ3n) is 3.37. The largest absolute Gasteiger partial charge is 0.353 e. The van der Waals surface area contributed by atoms with Gasteiger partial charge in [-0.15, -0.1) is 0 Å². The highest BCUT2D eigenvalue weighted by molar-refractivity contribution is 6.30. The molecule has 2 rings (SSSR count). The predicted molar refractivity (Wildman–Crippen MR) is 98.0 cm³/mol. The van der Waals surface area contributed by atoms with E-state index in [9.17, 15) is 4.79 Å². The highest BCUT2D eigenvalue weighted by Crippen LogP contribution is 2.20. The summed E-state index contributed by atoms with van der Waals surface area (Å²) < 4.78 is 0. The van der Waals surface area contributed by atoms with Crippen LogP contribution in [0.5, 0.6) is 0 Å². The maximum absolute atomic E-state index is 12.5. The molecule has 0 aliphatic carbocycles. The summed E-state index contributed by atoms with van der Waals surface area (Å²) in [7, 11) is 3.98. The van der Waals surface area contributed by atoms with Gasteiger partial charge in [0.15, 0.2) is 0 Å². The Kier molecular flexibility index (Phi) is 6.11. The Morgan fingerprint density at radius 2 is 1.96 bits per heavy atom. The van der Waals surface area contributed by atoms with Crippen molar-refractivity contribution in [2.75, 3.05) is 37.8 Å². The van der Waals surface area contributed by atoms with E-state index in [4.69, 9.17) is 11.6 Å². The number of aromatic nitrogens is 2. The molecule has 1 amide bonds. The van der Waals surface area contributed by atoms with Crippen LogP contribution in [0.1, 0.15) is 21.7 Å². The van der Waals surface area contributed by atoms with Gasteiger partial charge in [-0.3, -0.25) is 4.79 Å². The highest BCUT2D eigenvalue weighted by atomic mass is 35.5. The zero-order valence-electron chi connectivity index (χ0n) is 14.4. The van der Waals surface area contributed by atoms with Crippen molar-refractivity contribution < 1.29 is 4.79 Å². The number of hydrogen-bond acceptors (Lipinski definition) is 5. The number of carbonyl (C=O) groups excluding carboxylic acids is 1. The van der Waals surface area contributed by atoms with E-state index in [1.807, 2.05) is 27.9 Å². The van der Waals surface area contributed by atoms with Crippen molar-refractivity contribution >= 4 is 29.1 Å². The number of carbonyl (C=O) groups is 1. The van der Waals surface area contributed by atoms with E-state index in [2.05, 4.69) is 25.5 Å². The first-order chi connectivity index (χ1) is 11.3. The zero-order valence-corrected chi connectivity index (χ0v) is 15.1. The average molecular weight is 348 g/mol. The first-order valence-corrected chi connectivity index (χ1v) is 8.05. The quantitative estimate of drug-likeness (QED) is 0.840. The van der Waals surface area contributed by atoms with Gasteiger partial charge in [0.2, 0.25) is 5.95 Å². The van der Waals surface area contributed by atoms with Crippen LogP contribution >= 0.6 is 11.6 Å². The number of hydrogen-bond donors (Lipinski definition) is 2. The molecule has 0 atom stereocenters. The molecule has 0 saturated carbocycles. The molecule has 128 valence electrons. The summed E-state index contributed by atoms with van der Waals surface area (Å²) in [5.41, 5.74) is 2.66. The number of nitrogens with one attached hydrogen (secondary N) is 2. The van der Waals surface area contributed by atoms with Gasteiger partial charge in [0, 0.05) is 29.5 Å². The maximum Gasteiger partial charge on any atom is 0.274 e. The first kappa shape index (κ1) is 18.2. The molecular formula is C17H22ClN5O. The third kappa shape index (κ3) is 5.18. The van der Waals surface area contributed by atoms with Crippen LogP contribution in [0.3, 0.4) is 0 Å². The van der Waals surface area contributed by atoms with Crippen molar-refractivity contribution in [2.45, 2.75) is 13.8 Å². The molecule has 0 radical (unpaired) electrons. The van der Waals surface area contributed by atoms with E-state index in [1.165, 1.54) is 0 Å². The molecule has 1 heterocycles. The number of rotatable bonds is 6. The lowest BCUT2D eigenvalue weighted by Crippen LogP contribution is -2.22. The minimum atomic E-state index is -0.276. The summed E-state index contributed by atoms with van der Waals surface area (Å²) >= 11 is 5.94. The highest BCUT2D eigenvalue weighted by Gasteiger charge is 2.12. The maximum atomic E-state index is 12.5. The monoisotopic (exact) mass is 347 g/mol. The van der Waals surface area contributed by atoms with Crippen molar-refractivity contribution in [2.24, 2.45) is 0 Å². The topological polar surface area (TPSA) is 70.2 Å². The average Bonchev–Trinajstić information content (AvgIpc) is 2.49. The van der Waals surface area contributed by atoms with E-state index in [-0.39, 0.29) is 5.91 Å². The lowest BCUT2D eigenvalue weighted by molar-refractivity contribution is 0.102. The molecule has 7 heteroatoms. The van der Waals surface area contributed by atoms with Gasteiger partial charge in [0.1, 0.15) is 5.69 Å². The molecule has 0 saturated heterocycles. The summed E-state index contributed by atoms with van der Waals surface area (Å²) in [6.07, 6.45) is 0. The van der Waals surface area contributed by atoms with Crippen molar-refractivity contribution in [1.82, 2.24) is 14.9 Å². The number of anilines is 2. The van der Waals surface area contributed by atoms with Crippen molar-refractivity contribution in [3.8, 4) is 0 Å². The van der Waals surface area contributed by atoms with Crippen molar-refractivity contribution in [1.29, 1.82) is 0 Å². The summed E-state index contributed by atoms with van der Waals surface area (Å²) in [5.74, 6) is 0.177. The molecule has 2 aromatic rings. The van der Waals surface area contributed by atoms with Crippen LogP contribution in [0.15, 0.2) is 24.3 Å². The van der Waals surface area contributed by atoms with Crippen LogP contribution < -0.4 is 10.6 Å². The SMILES string of the molecule is Cc1cc(C(=O)Nc2ccc(Cl)cc2C)nc(NCCN(C)C)n1. The Morgan fingerprint density at radius 1 is 1.21 bits per heavy atom. The van der Waals surface area contributed by atoms with Gasteiger partial charge in [-0.05, 0) is 57.8 Å². The van der Waals surface area contributed by atoms with Crippen molar-refractivity contribution in [3.05, 3.63) is 46.2 Å². The summed E-state index contributed by atoms with van der Waals surface area (Å²) in [6, 6.07) is 6.98. The van der Waals surface area contributed by atoms with E-state index in [0.717, 1.165) is 17.8 Å².